The molecule has 0 radical (unpaired) electrons. The van der Waals surface area contributed by atoms with Crippen molar-refractivity contribution in [3.05, 3.63) is 65.5 Å². The highest BCUT2D eigenvalue weighted by Crippen LogP contribution is 2.34. The predicted molar refractivity (Wildman–Crippen MR) is 109 cm³/mol. The number of hydrogen-bond acceptors (Lipinski definition) is 7. The average molecular weight is 390 g/mol. The minimum atomic E-state index is 0.265. The molecule has 0 aliphatic carbocycles. The monoisotopic (exact) mass is 390 g/mol. The average Bonchev–Trinajstić information content (AvgIpc) is 3.22. The zero-order chi connectivity index (χ0) is 19.6. The summed E-state index contributed by atoms with van der Waals surface area (Å²) in [6, 6.07) is 14.0. The Morgan fingerprint density at radius 1 is 1.10 bits per heavy atom. The van der Waals surface area contributed by atoms with Gasteiger partial charge in [-0.15, -0.1) is 0 Å². The molecule has 0 saturated carbocycles. The first-order chi connectivity index (χ1) is 14.3. The van der Waals surface area contributed by atoms with Crippen LogP contribution in [0.15, 0.2) is 48.7 Å². The third-order valence-electron chi connectivity index (χ3n) is 5.21. The van der Waals surface area contributed by atoms with E-state index in [9.17, 15) is 0 Å². The van der Waals surface area contributed by atoms with Crippen LogP contribution in [0.25, 0.3) is 0 Å². The molecular weight excluding hydrogens is 368 g/mol. The van der Waals surface area contributed by atoms with Crippen molar-refractivity contribution in [1.82, 2.24) is 14.9 Å². The molecule has 0 fully saturated rings. The van der Waals surface area contributed by atoms with Crippen LogP contribution in [0.4, 0.5) is 11.6 Å². The first-order valence-corrected chi connectivity index (χ1v) is 9.63. The molecule has 2 aromatic carbocycles. The van der Waals surface area contributed by atoms with Crippen molar-refractivity contribution >= 4 is 11.6 Å². The summed E-state index contributed by atoms with van der Waals surface area (Å²) in [7, 11) is 1.69. The van der Waals surface area contributed by atoms with Crippen LogP contribution >= 0.6 is 0 Å². The second-order valence-electron chi connectivity index (χ2n) is 7.17. The fourth-order valence-electron chi connectivity index (χ4n) is 3.66. The minimum Gasteiger partial charge on any atom is -0.497 e. The zero-order valence-electron chi connectivity index (χ0n) is 16.2. The molecule has 0 amide bonds. The summed E-state index contributed by atoms with van der Waals surface area (Å²) in [6.07, 6.45) is 2.83. The Labute approximate surface area is 169 Å². The van der Waals surface area contributed by atoms with Gasteiger partial charge in [-0.05, 0) is 29.8 Å². The highest BCUT2D eigenvalue weighted by molar-refractivity contribution is 5.60. The summed E-state index contributed by atoms with van der Waals surface area (Å²) < 4.78 is 16.0. The van der Waals surface area contributed by atoms with Crippen molar-refractivity contribution in [1.29, 1.82) is 0 Å². The largest absolute Gasteiger partial charge is 0.497 e. The highest BCUT2D eigenvalue weighted by Gasteiger charge is 2.19. The number of nitrogens with zero attached hydrogens (tertiary/aromatic N) is 3. The van der Waals surface area contributed by atoms with Gasteiger partial charge in [0.15, 0.2) is 11.5 Å². The molecule has 1 aromatic heterocycles. The Hall–Kier alpha value is -3.32. The van der Waals surface area contributed by atoms with E-state index in [0.717, 1.165) is 54.7 Å². The molecule has 7 heteroatoms. The van der Waals surface area contributed by atoms with E-state index in [2.05, 4.69) is 27.3 Å². The molecule has 0 bridgehead atoms. The van der Waals surface area contributed by atoms with Gasteiger partial charge in [0.2, 0.25) is 12.7 Å². The van der Waals surface area contributed by atoms with Crippen molar-refractivity contribution in [2.24, 2.45) is 0 Å². The van der Waals surface area contributed by atoms with Crippen LogP contribution < -0.4 is 19.5 Å². The standard InChI is InChI=1S/C22H22N4O3/c1-27-18-5-2-15(3-6-18)12-26-9-8-19-16(13-26)11-23-22(25-19)24-17-4-7-20-21(10-17)29-14-28-20/h2-7,10-11H,8-9,12-14H2,1H3,(H,23,24,25). The maximum Gasteiger partial charge on any atom is 0.231 e. The highest BCUT2D eigenvalue weighted by atomic mass is 16.7. The zero-order valence-corrected chi connectivity index (χ0v) is 16.2. The summed E-state index contributed by atoms with van der Waals surface area (Å²) in [5.41, 5.74) is 4.44. The normalized spacial score (nSPS) is 15.1. The SMILES string of the molecule is COc1ccc(CN2CCc3nc(Nc4ccc5c(c4)OCO5)ncc3C2)cc1. The van der Waals surface area contributed by atoms with E-state index < -0.39 is 0 Å². The van der Waals surface area contributed by atoms with Crippen LogP contribution in [-0.4, -0.2) is 35.3 Å². The quantitative estimate of drug-likeness (QED) is 0.715. The molecule has 1 N–H and O–H groups in total. The van der Waals surface area contributed by atoms with Gasteiger partial charge in [-0.3, -0.25) is 4.90 Å². The van der Waals surface area contributed by atoms with E-state index in [1.54, 1.807) is 7.11 Å². The molecule has 0 spiro atoms. The van der Waals surface area contributed by atoms with E-state index in [4.69, 9.17) is 19.2 Å². The molecule has 3 aromatic rings. The number of methoxy groups -OCH3 is 1. The minimum absolute atomic E-state index is 0.265. The second kappa shape index (κ2) is 7.60. The van der Waals surface area contributed by atoms with E-state index in [1.807, 2.05) is 36.5 Å². The number of benzene rings is 2. The fourth-order valence-corrected chi connectivity index (χ4v) is 3.66. The van der Waals surface area contributed by atoms with Crippen LogP contribution in [0.3, 0.4) is 0 Å². The maximum atomic E-state index is 5.43. The van der Waals surface area contributed by atoms with Gasteiger partial charge < -0.3 is 19.5 Å². The molecule has 2 aliphatic heterocycles. The summed E-state index contributed by atoms with van der Waals surface area (Å²) in [6.45, 7) is 2.99. The number of aromatic nitrogens is 2. The lowest BCUT2D eigenvalue weighted by atomic mass is 10.1. The van der Waals surface area contributed by atoms with Crippen molar-refractivity contribution in [2.75, 3.05) is 25.8 Å². The van der Waals surface area contributed by atoms with Gasteiger partial charge in [0, 0.05) is 49.6 Å². The number of rotatable bonds is 5. The second-order valence-corrected chi connectivity index (χ2v) is 7.17. The van der Waals surface area contributed by atoms with Gasteiger partial charge in [-0.25, -0.2) is 9.97 Å². The lowest BCUT2D eigenvalue weighted by Gasteiger charge is -2.28. The lowest BCUT2D eigenvalue weighted by molar-refractivity contribution is 0.174. The fraction of sp³-hybridized carbons (Fsp3) is 0.273. The van der Waals surface area contributed by atoms with E-state index in [-0.39, 0.29) is 6.79 Å². The Bertz CT molecular complexity index is 1020. The van der Waals surface area contributed by atoms with Crippen molar-refractivity contribution < 1.29 is 14.2 Å². The summed E-state index contributed by atoms with van der Waals surface area (Å²) in [5.74, 6) is 2.99. The molecule has 0 unspecified atom stereocenters. The first-order valence-electron chi connectivity index (χ1n) is 9.63. The smallest absolute Gasteiger partial charge is 0.231 e. The van der Waals surface area contributed by atoms with Gasteiger partial charge >= 0.3 is 0 Å². The van der Waals surface area contributed by atoms with Gasteiger partial charge in [0.05, 0.1) is 12.8 Å². The van der Waals surface area contributed by atoms with Crippen molar-refractivity contribution in [2.45, 2.75) is 19.5 Å². The summed E-state index contributed by atoms with van der Waals surface area (Å²) in [5, 5.41) is 3.26. The van der Waals surface area contributed by atoms with Crippen LogP contribution in [0, 0.1) is 0 Å². The van der Waals surface area contributed by atoms with Gasteiger partial charge in [-0.2, -0.15) is 0 Å². The molecule has 2 aliphatic rings. The third kappa shape index (κ3) is 3.82. The van der Waals surface area contributed by atoms with Crippen LogP contribution in [0.2, 0.25) is 0 Å². The van der Waals surface area contributed by atoms with Gasteiger partial charge in [0.1, 0.15) is 5.75 Å². The number of nitrogens with one attached hydrogen (secondary N) is 1. The Balaban J connectivity index is 1.25. The number of anilines is 2. The Morgan fingerprint density at radius 2 is 1.97 bits per heavy atom. The van der Waals surface area contributed by atoms with Crippen LogP contribution in [-0.2, 0) is 19.5 Å². The predicted octanol–water partition coefficient (Wildman–Crippen LogP) is 3.52. The summed E-state index contributed by atoms with van der Waals surface area (Å²) in [4.78, 5) is 11.7. The summed E-state index contributed by atoms with van der Waals surface area (Å²) >= 11 is 0. The van der Waals surface area contributed by atoms with Gasteiger partial charge in [-0.1, -0.05) is 12.1 Å². The van der Waals surface area contributed by atoms with E-state index >= 15 is 0 Å². The first kappa shape index (κ1) is 17.8. The van der Waals surface area contributed by atoms with Crippen molar-refractivity contribution in [3.8, 4) is 17.2 Å². The molecule has 29 heavy (non-hydrogen) atoms. The molecular formula is C22H22N4O3. The lowest BCUT2D eigenvalue weighted by Crippen LogP contribution is -2.31. The molecule has 0 atom stereocenters. The third-order valence-corrected chi connectivity index (χ3v) is 5.21. The maximum absolute atomic E-state index is 5.43. The van der Waals surface area contributed by atoms with Crippen LogP contribution in [0.1, 0.15) is 16.8 Å². The molecule has 3 heterocycles. The van der Waals surface area contributed by atoms with Crippen LogP contribution in [0.5, 0.6) is 17.2 Å². The van der Waals surface area contributed by atoms with Crippen molar-refractivity contribution in [3.63, 3.8) is 0 Å². The molecule has 5 rings (SSSR count). The molecule has 148 valence electrons. The number of fused-ring (bicyclic) bond motifs is 2. The molecule has 7 nitrogen and oxygen atoms in total. The number of hydrogen-bond donors (Lipinski definition) is 1. The van der Waals surface area contributed by atoms with E-state index in [0.29, 0.717) is 5.95 Å². The number of ether oxygens (including phenoxy) is 3. The Kier molecular flexibility index (Phi) is 4.65. The van der Waals surface area contributed by atoms with E-state index in [1.165, 1.54) is 11.1 Å². The van der Waals surface area contributed by atoms with Gasteiger partial charge in [0.25, 0.3) is 0 Å². The Morgan fingerprint density at radius 3 is 2.83 bits per heavy atom. The molecule has 0 saturated heterocycles. The topological polar surface area (TPSA) is 68.7 Å².